The van der Waals surface area contributed by atoms with Crippen LogP contribution in [0.25, 0.3) is 0 Å². The van der Waals surface area contributed by atoms with Gasteiger partial charge in [0.1, 0.15) is 23.4 Å². The van der Waals surface area contributed by atoms with E-state index in [1.165, 1.54) is 65.6 Å². The van der Waals surface area contributed by atoms with Crippen molar-refractivity contribution in [3.8, 4) is 5.75 Å². The van der Waals surface area contributed by atoms with Crippen LogP contribution in [0.4, 0.5) is 14.5 Å². The van der Waals surface area contributed by atoms with Crippen LogP contribution in [0, 0.1) is 11.6 Å². The Morgan fingerprint density at radius 2 is 1.41 bits per heavy atom. The lowest BCUT2D eigenvalue weighted by molar-refractivity contribution is -0.127. The van der Waals surface area contributed by atoms with Crippen LogP contribution in [-0.2, 0) is 4.79 Å². The molecule has 2 atom stereocenters. The molecule has 1 fully saturated rings. The third kappa shape index (κ3) is 3.54. The van der Waals surface area contributed by atoms with Crippen molar-refractivity contribution in [2.45, 2.75) is 12.1 Å². The fraction of sp³-hybridized carbons (Fsp3) is 0.0909. The molecule has 1 aliphatic rings. The van der Waals surface area contributed by atoms with Crippen molar-refractivity contribution in [1.29, 1.82) is 0 Å². The van der Waals surface area contributed by atoms with Gasteiger partial charge < -0.3 is 15.3 Å². The number of rotatable bonds is 4. The Bertz CT molecular complexity index is 1050. The first-order valence-electron chi connectivity index (χ1n) is 8.88. The Hall–Kier alpha value is -3.74. The Labute approximate surface area is 165 Å². The van der Waals surface area contributed by atoms with Crippen LogP contribution < -0.4 is 10.2 Å². The number of carbonyl (C=O) groups excluding carboxylic acids is 2. The highest BCUT2D eigenvalue weighted by molar-refractivity contribution is 6.09. The second kappa shape index (κ2) is 7.35. The summed E-state index contributed by atoms with van der Waals surface area (Å²) in [6.07, 6.45) is 0. The zero-order valence-corrected chi connectivity index (χ0v) is 15.0. The Balaban J connectivity index is 1.64. The van der Waals surface area contributed by atoms with Crippen molar-refractivity contribution in [2.75, 3.05) is 4.90 Å². The highest BCUT2D eigenvalue weighted by atomic mass is 19.1. The van der Waals surface area contributed by atoms with Crippen molar-refractivity contribution in [3.63, 3.8) is 0 Å². The number of benzene rings is 3. The van der Waals surface area contributed by atoms with Crippen molar-refractivity contribution in [1.82, 2.24) is 5.32 Å². The molecule has 0 saturated carbocycles. The third-order valence-corrected chi connectivity index (χ3v) is 4.83. The number of nitrogens with zero attached hydrogens (tertiary/aromatic N) is 1. The molecule has 5 nitrogen and oxygen atoms in total. The van der Waals surface area contributed by atoms with Crippen molar-refractivity contribution in [2.24, 2.45) is 0 Å². The van der Waals surface area contributed by atoms with Gasteiger partial charge in [0.2, 0.25) is 0 Å². The number of aromatic hydroxyl groups is 1. The molecule has 2 N–H and O–H groups in total. The molecule has 0 bridgehead atoms. The third-order valence-electron chi connectivity index (χ3n) is 4.83. The van der Waals surface area contributed by atoms with E-state index in [0.717, 1.165) is 0 Å². The molecule has 1 aliphatic heterocycles. The van der Waals surface area contributed by atoms with E-state index in [-0.39, 0.29) is 17.2 Å². The van der Waals surface area contributed by atoms with Gasteiger partial charge in [0.05, 0.1) is 6.04 Å². The first-order valence-corrected chi connectivity index (χ1v) is 8.88. The zero-order valence-electron chi connectivity index (χ0n) is 15.0. The van der Waals surface area contributed by atoms with Crippen LogP contribution in [0.1, 0.15) is 22.0 Å². The van der Waals surface area contributed by atoms with Gasteiger partial charge >= 0.3 is 0 Å². The van der Waals surface area contributed by atoms with Gasteiger partial charge in [-0.25, -0.2) is 8.78 Å². The van der Waals surface area contributed by atoms with E-state index in [4.69, 9.17) is 0 Å². The first-order chi connectivity index (χ1) is 13.9. The highest BCUT2D eigenvalue weighted by Crippen LogP contribution is 2.39. The smallest absolute Gasteiger partial charge is 0.252 e. The van der Waals surface area contributed by atoms with E-state index in [0.29, 0.717) is 11.3 Å². The largest absolute Gasteiger partial charge is 0.508 e. The predicted molar refractivity (Wildman–Crippen MR) is 102 cm³/mol. The number of carbonyl (C=O) groups is 2. The van der Waals surface area contributed by atoms with Crippen LogP contribution in [0.2, 0.25) is 0 Å². The van der Waals surface area contributed by atoms with E-state index in [1.54, 1.807) is 12.1 Å². The fourth-order valence-electron chi connectivity index (χ4n) is 3.36. The van der Waals surface area contributed by atoms with Crippen molar-refractivity contribution in [3.05, 3.63) is 95.6 Å². The summed E-state index contributed by atoms with van der Waals surface area (Å²) >= 11 is 0. The molecule has 0 radical (unpaired) electrons. The minimum absolute atomic E-state index is 0.0691. The lowest BCUT2D eigenvalue weighted by Crippen LogP contribution is -2.66. The number of hydrogen-bond acceptors (Lipinski definition) is 3. The Morgan fingerprint density at radius 1 is 0.862 bits per heavy atom. The summed E-state index contributed by atoms with van der Waals surface area (Å²) in [6, 6.07) is 15.3. The second-order valence-electron chi connectivity index (χ2n) is 6.68. The molecular formula is C22H16F2N2O3. The average molecular weight is 394 g/mol. The van der Waals surface area contributed by atoms with Crippen molar-refractivity contribution < 1.29 is 23.5 Å². The first kappa shape index (κ1) is 18.6. The Morgan fingerprint density at radius 3 is 2.00 bits per heavy atom. The summed E-state index contributed by atoms with van der Waals surface area (Å²) in [4.78, 5) is 26.8. The molecule has 0 spiro atoms. The van der Waals surface area contributed by atoms with Gasteiger partial charge in [-0.2, -0.15) is 0 Å². The monoisotopic (exact) mass is 394 g/mol. The SMILES string of the molecule is O=C(N[C@H]1C(=O)N(c2ccc(F)cc2)[C@@H]1c1ccc(O)cc1)c1ccc(F)cc1. The van der Waals surface area contributed by atoms with E-state index < -0.39 is 29.6 Å². The normalized spacial score (nSPS) is 18.3. The molecule has 0 unspecified atom stereocenters. The Kier molecular flexibility index (Phi) is 4.72. The zero-order chi connectivity index (χ0) is 20.5. The lowest BCUT2D eigenvalue weighted by Gasteiger charge is -2.47. The van der Waals surface area contributed by atoms with E-state index in [2.05, 4.69) is 5.32 Å². The number of β-lactam (4-membered cyclic amide) rings is 1. The minimum Gasteiger partial charge on any atom is -0.508 e. The number of hydrogen-bond donors (Lipinski definition) is 2. The maximum atomic E-state index is 13.3. The fourth-order valence-corrected chi connectivity index (χ4v) is 3.36. The molecule has 2 amide bonds. The van der Waals surface area contributed by atoms with Crippen LogP contribution >= 0.6 is 0 Å². The predicted octanol–water partition coefficient (Wildman–Crippen LogP) is 3.56. The highest BCUT2D eigenvalue weighted by Gasteiger charge is 2.49. The summed E-state index contributed by atoms with van der Waals surface area (Å²) in [5, 5.41) is 12.2. The van der Waals surface area contributed by atoms with Crippen LogP contribution in [0.15, 0.2) is 72.8 Å². The summed E-state index contributed by atoms with van der Waals surface area (Å²) in [5.74, 6) is -1.69. The summed E-state index contributed by atoms with van der Waals surface area (Å²) in [7, 11) is 0. The molecule has 3 aromatic carbocycles. The minimum atomic E-state index is -0.859. The second-order valence-corrected chi connectivity index (χ2v) is 6.68. The number of phenolic OH excluding ortho intramolecular Hbond substituents is 1. The average Bonchev–Trinajstić information content (AvgIpc) is 2.72. The number of halogens is 2. The molecule has 4 rings (SSSR count). The summed E-state index contributed by atoms with van der Waals surface area (Å²) in [6.45, 7) is 0. The standard InChI is InChI=1S/C22H16F2N2O3/c23-15-5-1-14(2-6-15)21(28)25-19-20(13-3-11-18(27)12-4-13)26(22(19)29)17-9-7-16(24)8-10-17/h1-12,19-20,27H,(H,25,28)/t19-,20-/m1/s1. The van der Waals surface area contributed by atoms with Crippen LogP contribution in [0.3, 0.4) is 0 Å². The number of amides is 2. The maximum Gasteiger partial charge on any atom is 0.252 e. The topological polar surface area (TPSA) is 69.6 Å². The number of nitrogens with one attached hydrogen (secondary N) is 1. The molecule has 3 aromatic rings. The number of anilines is 1. The molecule has 0 aliphatic carbocycles. The van der Waals surface area contributed by atoms with Gasteiger partial charge in [-0.05, 0) is 66.2 Å². The van der Waals surface area contributed by atoms with Gasteiger partial charge in [-0.3, -0.25) is 9.59 Å². The van der Waals surface area contributed by atoms with Crippen molar-refractivity contribution >= 4 is 17.5 Å². The van der Waals surface area contributed by atoms with E-state index >= 15 is 0 Å². The van der Waals surface area contributed by atoms with Gasteiger partial charge in [-0.1, -0.05) is 12.1 Å². The summed E-state index contributed by atoms with van der Waals surface area (Å²) < 4.78 is 26.4. The quantitative estimate of drug-likeness (QED) is 0.665. The lowest BCUT2D eigenvalue weighted by atomic mass is 9.87. The molecular weight excluding hydrogens is 378 g/mol. The van der Waals surface area contributed by atoms with Gasteiger partial charge in [0, 0.05) is 11.3 Å². The van der Waals surface area contributed by atoms with Gasteiger partial charge in [0.15, 0.2) is 0 Å². The molecule has 0 aromatic heterocycles. The molecule has 29 heavy (non-hydrogen) atoms. The molecule has 1 saturated heterocycles. The maximum absolute atomic E-state index is 13.3. The summed E-state index contributed by atoms with van der Waals surface area (Å²) in [5.41, 5.74) is 1.40. The van der Waals surface area contributed by atoms with Gasteiger partial charge in [0.25, 0.3) is 11.8 Å². The van der Waals surface area contributed by atoms with Crippen LogP contribution in [-0.4, -0.2) is 23.0 Å². The van der Waals surface area contributed by atoms with E-state index in [1.807, 2.05) is 0 Å². The molecule has 1 heterocycles. The molecule has 7 heteroatoms. The molecule has 146 valence electrons. The van der Waals surface area contributed by atoms with Gasteiger partial charge in [-0.15, -0.1) is 0 Å². The number of phenols is 1. The van der Waals surface area contributed by atoms with Crippen LogP contribution in [0.5, 0.6) is 5.75 Å². The van der Waals surface area contributed by atoms with E-state index in [9.17, 15) is 23.5 Å².